The fourth-order valence-corrected chi connectivity index (χ4v) is 4.20. The number of ether oxygens (including phenoxy) is 2. The zero-order valence-electron chi connectivity index (χ0n) is 17.3. The van der Waals surface area contributed by atoms with E-state index in [4.69, 9.17) is 15.3 Å². The molecule has 160 valence electrons. The van der Waals surface area contributed by atoms with Crippen molar-refractivity contribution in [3.63, 3.8) is 0 Å². The number of carbonyl (C=O) groups is 2. The Labute approximate surface area is 175 Å². The number of rotatable bonds is 5. The largest absolute Gasteiger partial charge is 0.497 e. The number of esters is 1. The summed E-state index contributed by atoms with van der Waals surface area (Å²) in [5, 5.41) is 6.29. The van der Waals surface area contributed by atoms with Crippen molar-refractivity contribution >= 4 is 11.9 Å². The highest BCUT2D eigenvalue weighted by molar-refractivity contribution is 6.00. The molecule has 1 saturated heterocycles. The van der Waals surface area contributed by atoms with Gasteiger partial charge in [0.1, 0.15) is 11.4 Å². The Morgan fingerprint density at radius 1 is 1.20 bits per heavy atom. The molecule has 0 atom stereocenters. The van der Waals surface area contributed by atoms with Crippen LogP contribution in [0.3, 0.4) is 0 Å². The van der Waals surface area contributed by atoms with Crippen LogP contribution in [0.2, 0.25) is 0 Å². The molecular formula is C21H27N5O4. The molecule has 9 heteroatoms. The van der Waals surface area contributed by atoms with Crippen molar-refractivity contribution in [2.45, 2.75) is 32.2 Å². The van der Waals surface area contributed by atoms with Crippen molar-refractivity contribution in [2.75, 3.05) is 33.4 Å². The molecule has 0 aliphatic carbocycles. The van der Waals surface area contributed by atoms with Crippen molar-refractivity contribution in [1.82, 2.24) is 19.7 Å². The van der Waals surface area contributed by atoms with Gasteiger partial charge in [-0.25, -0.2) is 14.5 Å². The lowest BCUT2D eigenvalue weighted by atomic mass is 9.97. The third-order valence-corrected chi connectivity index (χ3v) is 5.78. The number of amides is 1. The summed E-state index contributed by atoms with van der Waals surface area (Å²) in [5.74, 6) is 5.97. The van der Waals surface area contributed by atoms with E-state index in [1.807, 2.05) is 17.0 Å². The molecule has 0 spiro atoms. The molecule has 2 aromatic rings. The Morgan fingerprint density at radius 3 is 2.53 bits per heavy atom. The van der Waals surface area contributed by atoms with Gasteiger partial charge < -0.3 is 14.4 Å². The van der Waals surface area contributed by atoms with E-state index in [0.717, 1.165) is 25.9 Å². The minimum atomic E-state index is -0.501. The number of hydrogen-bond acceptors (Lipinski definition) is 7. The van der Waals surface area contributed by atoms with Crippen LogP contribution >= 0.6 is 0 Å². The molecule has 1 fully saturated rings. The molecule has 9 nitrogen and oxygen atoms in total. The highest BCUT2D eigenvalue weighted by Gasteiger charge is 2.38. The summed E-state index contributed by atoms with van der Waals surface area (Å²) in [6, 6.07) is 7.38. The molecule has 0 radical (unpaired) electrons. The standard InChI is InChI=1S/C21H27N5O4/c1-3-30-21(28)18-17-10-13-25(14-8-11-24(22)12-9-14)20(27)19(17)26(23-18)15-4-6-16(29-2)7-5-15/h4-7,14H,3,8-13,22H2,1-2H3. The molecule has 4 rings (SSSR count). The second-order valence-electron chi connectivity index (χ2n) is 7.52. The second kappa shape index (κ2) is 8.45. The summed E-state index contributed by atoms with van der Waals surface area (Å²) < 4.78 is 12.0. The number of hydrazine groups is 1. The first-order valence-electron chi connectivity index (χ1n) is 10.3. The molecule has 30 heavy (non-hydrogen) atoms. The minimum Gasteiger partial charge on any atom is -0.497 e. The smallest absolute Gasteiger partial charge is 0.359 e. The monoisotopic (exact) mass is 413 g/mol. The van der Waals surface area contributed by atoms with E-state index >= 15 is 0 Å². The van der Waals surface area contributed by atoms with Gasteiger partial charge in [-0.3, -0.25) is 10.6 Å². The number of methoxy groups -OCH3 is 1. The van der Waals surface area contributed by atoms with Gasteiger partial charge in [0.15, 0.2) is 5.69 Å². The van der Waals surface area contributed by atoms with Crippen LogP contribution in [0.4, 0.5) is 0 Å². The Balaban J connectivity index is 1.74. The zero-order chi connectivity index (χ0) is 21.3. The first-order valence-corrected chi connectivity index (χ1v) is 10.3. The van der Waals surface area contributed by atoms with Gasteiger partial charge in [-0.2, -0.15) is 5.10 Å². The average molecular weight is 413 g/mol. The SMILES string of the molecule is CCOC(=O)c1nn(-c2ccc(OC)cc2)c2c1CCN(C1CCN(N)CC1)C2=O. The third kappa shape index (κ3) is 3.66. The zero-order valence-corrected chi connectivity index (χ0v) is 17.3. The number of piperidine rings is 1. The Hall–Kier alpha value is -2.91. The van der Waals surface area contributed by atoms with Crippen LogP contribution in [0.15, 0.2) is 24.3 Å². The predicted molar refractivity (Wildman–Crippen MR) is 110 cm³/mol. The van der Waals surface area contributed by atoms with E-state index in [-0.39, 0.29) is 24.2 Å². The number of aromatic nitrogens is 2. The van der Waals surface area contributed by atoms with E-state index in [0.29, 0.717) is 35.7 Å². The quantitative estimate of drug-likeness (QED) is 0.584. The van der Waals surface area contributed by atoms with Gasteiger partial charge >= 0.3 is 5.97 Å². The topological polar surface area (TPSA) is 103 Å². The van der Waals surface area contributed by atoms with Gasteiger partial charge in [0.2, 0.25) is 0 Å². The number of hydrogen-bond donors (Lipinski definition) is 1. The fraction of sp³-hybridized carbons (Fsp3) is 0.476. The van der Waals surface area contributed by atoms with Crippen molar-refractivity contribution < 1.29 is 19.1 Å². The van der Waals surface area contributed by atoms with Crippen LogP contribution in [0.1, 0.15) is 46.3 Å². The van der Waals surface area contributed by atoms with E-state index < -0.39 is 5.97 Å². The lowest BCUT2D eigenvalue weighted by Crippen LogP contribution is -2.51. The lowest BCUT2D eigenvalue weighted by molar-refractivity contribution is 0.0516. The minimum absolute atomic E-state index is 0.106. The maximum absolute atomic E-state index is 13.6. The summed E-state index contributed by atoms with van der Waals surface area (Å²) in [6.45, 7) is 4.07. The van der Waals surface area contributed by atoms with Gasteiger partial charge in [-0.15, -0.1) is 0 Å². The van der Waals surface area contributed by atoms with Crippen LogP contribution in [0.5, 0.6) is 5.75 Å². The molecule has 0 unspecified atom stereocenters. The summed E-state index contributed by atoms with van der Waals surface area (Å²) in [7, 11) is 1.59. The molecule has 2 aliphatic heterocycles. The van der Waals surface area contributed by atoms with E-state index in [1.54, 1.807) is 35.9 Å². The number of carbonyl (C=O) groups excluding carboxylic acids is 2. The highest BCUT2D eigenvalue weighted by Crippen LogP contribution is 2.29. The molecule has 2 N–H and O–H groups in total. The van der Waals surface area contributed by atoms with E-state index in [9.17, 15) is 9.59 Å². The molecule has 2 aliphatic rings. The maximum Gasteiger partial charge on any atom is 0.359 e. The first kappa shape index (κ1) is 20.4. The first-order chi connectivity index (χ1) is 14.5. The van der Waals surface area contributed by atoms with Gasteiger partial charge in [-0.1, -0.05) is 0 Å². The summed E-state index contributed by atoms with van der Waals surface area (Å²) in [5.41, 5.74) is 1.99. The fourth-order valence-electron chi connectivity index (χ4n) is 4.20. The number of nitrogens with zero attached hydrogens (tertiary/aromatic N) is 4. The summed E-state index contributed by atoms with van der Waals surface area (Å²) in [4.78, 5) is 28.0. The Kier molecular flexibility index (Phi) is 5.74. The van der Waals surface area contributed by atoms with Crippen LogP contribution in [-0.4, -0.2) is 71.0 Å². The van der Waals surface area contributed by atoms with Gasteiger partial charge in [0.25, 0.3) is 5.91 Å². The molecule has 3 heterocycles. The van der Waals surface area contributed by atoms with Crippen molar-refractivity contribution in [3.05, 3.63) is 41.2 Å². The third-order valence-electron chi connectivity index (χ3n) is 5.78. The molecule has 1 aromatic carbocycles. The molecule has 1 aromatic heterocycles. The number of fused-ring (bicyclic) bond motifs is 1. The van der Waals surface area contributed by atoms with Crippen LogP contribution in [0.25, 0.3) is 5.69 Å². The average Bonchev–Trinajstić information content (AvgIpc) is 3.16. The lowest BCUT2D eigenvalue weighted by Gasteiger charge is -2.39. The van der Waals surface area contributed by atoms with E-state index in [1.165, 1.54) is 0 Å². The maximum atomic E-state index is 13.6. The number of nitrogens with two attached hydrogens (primary N) is 1. The molecule has 1 amide bonds. The Bertz CT molecular complexity index is 932. The van der Waals surface area contributed by atoms with Crippen LogP contribution in [0, 0.1) is 0 Å². The second-order valence-corrected chi connectivity index (χ2v) is 7.52. The van der Waals surface area contributed by atoms with Gasteiger partial charge in [0, 0.05) is 31.2 Å². The summed E-state index contributed by atoms with van der Waals surface area (Å²) in [6.07, 6.45) is 2.23. The number of benzene rings is 1. The van der Waals surface area contributed by atoms with Crippen molar-refractivity contribution in [2.24, 2.45) is 5.84 Å². The molecular weight excluding hydrogens is 386 g/mol. The van der Waals surface area contributed by atoms with Crippen molar-refractivity contribution in [1.29, 1.82) is 0 Å². The molecule has 0 bridgehead atoms. The Morgan fingerprint density at radius 2 is 1.90 bits per heavy atom. The van der Waals surface area contributed by atoms with Crippen LogP contribution in [-0.2, 0) is 11.2 Å². The predicted octanol–water partition coefficient (Wildman–Crippen LogP) is 1.39. The summed E-state index contributed by atoms with van der Waals surface area (Å²) >= 11 is 0. The van der Waals surface area contributed by atoms with Crippen LogP contribution < -0.4 is 10.6 Å². The van der Waals surface area contributed by atoms with Crippen molar-refractivity contribution in [3.8, 4) is 11.4 Å². The highest BCUT2D eigenvalue weighted by atomic mass is 16.5. The molecule has 0 saturated carbocycles. The van der Waals surface area contributed by atoms with E-state index in [2.05, 4.69) is 5.10 Å². The van der Waals surface area contributed by atoms with Gasteiger partial charge in [0.05, 0.1) is 19.4 Å². The van der Waals surface area contributed by atoms with Gasteiger partial charge in [-0.05, 0) is 50.5 Å². The normalized spacial score (nSPS) is 17.7.